The number of hydrogen-bond acceptors (Lipinski definition) is 4. The van der Waals surface area contributed by atoms with Crippen LogP contribution in [-0.4, -0.2) is 34.2 Å². The lowest BCUT2D eigenvalue weighted by atomic mass is 10.1. The molecule has 0 radical (unpaired) electrons. The van der Waals surface area contributed by atoms with E-state index in [1.807, 2.05) is 0 Å². The van der Waals surface area contributed by atoms with Crippen LogP contribution in [0.4, 0.5) is 0 Å². The minimum atomic E-state index is -2.04. The fourth-order valence-electron chi connectivity index (χ4n) is 1.59. The predicted octanol–water partition coefficient (Wildman–Crippen LogP) is 2.77. The van der Waals surface area contributed by atoms with Crippen LogP contribution in [0.3, 0.4) is 0 Å². The molecule has 1 aromatic carbocycles. The maximum absolute atomic E-state index is 12.1. The van der Waals surface area contributed by atoms with Gasteiger partial charge in [-0.15, -0.1) is 11.3 Å². The van der Waals surface area contributed by atoms with Gasteiger partial charge < -0.3 is 15.5 Å². The molecule has 0 bridgehead atoms. The van der Waals surface area contributed by atoms with Gasteiger partial charge in [0.15, 0.2) is 5.60 Å². The quantitative estimate of drug-likeness (QED) is 0.793. The number of carboxylic acids is 1. The van der Waals surface area contributed by atoms with E-state index in [-0.39, 0.29) is 9.90 Å². The van der Waals surface area contributed by atoms with Crippen LogP contribution in [0, 0.1) is 0 Å². The van der Waals surface area contributed by atoms with Crippen LogP contribution in [0.25, 0.3) is 10.1 Å². The van der Waals surface area contributed by atoms with Gasteiger partial charge in [0.1, 0.15) is 4.88 Å². The number of carbonyl (C=O) groups excluding carboxylic acids is 1. The van der Waals surface area contributed by atoms with E-state index in [0.29, 0.717) is 10.4 Å². The van der Waals surface area contributed by atoms with Crippen LogP contribution in [0.2, 0.25) is 10.0 Å². The van der Waals surface area contributed by atoms with Crippen LogP contribution in [0.5, 0.6) is 0 Å². The van der Waals surface area contributed by atoms with Crippen molar-refractivity contribution in [1.82, 2.24) is 5.32 Å². The molecule has 0 aliphatic carbocycles. The Kier molecular flexibility index (Phi) is 4.43. The van der Waals surface area contributed by atoms with Crippen molar-refractivity contribution in [1.29, 1.82) is 0 Å². The number of halogens is 2. The molecule has 0 saturated carbocycles. The third-order valence-corrected chi connectivity index (χ3v) is 4.74. The molecule has 2 aromatic rings. The molecule has 0 fully saturated rings. The highest BCUT2D eigenvalue weighted by Crippen LogP contribution is 2.36. The number of carbonyl (C=O) groups is 2. The maximum Gasteiger partial charge on any atom is 0.337 e. The highest BCUT2D eigenvalue weighted by atomic mass is 35.5. The summed E-state index contributed by atoms with van der Waals surface area (Å²) in [4.78, 5) is 23.1. The molecule has 1 unspecified atom stereocenters. The summed E-state index contributed by atoms with van der Waals surface area (Å²) in [7, 11) is 0. The van der Waals surface area contributed by atoms with Crippen LogP contribution in [0.1, 0.15) is 16.6 Å². The number of thiophene rings is 1. The molecule has 3 N–H and O–H groups in total. The Morgan fingerprint density at radius 1 is 1.38 bits per heavy atom. The van der Waals surface area contributed by atoms with Gasteiger partial charge in [-0.05, 0) is 19.1 Å². The number of hydrogen-bond donors (Lipinski definition) is 3. The number of aliphatic carboxylic acids is 1. The lowest BCUT2D eigenvalue weighted by Gasteiger charge is -2.17. The number of carboxylic acid groups (broad SMARTS) is 1. The molecule has 5 nitrogen and oxygen atoms in total. The van der Waals surface area contributed by atoms with E-state index in [0.717, 1.165) is 23.0 Å². The molecule has 2 rings (SSSR count). The first-order valence-corrected chi connectivity index (χ1v) is 7.41. The summed E-state index contributed by atoms with van der Waals surface area (Å²) < 4.78 is 0.752. The second kappa shape index (κ2) is 5.81. The van der Waals surface area contributed by atoms with Crippen LogP contribution >= 0.6 is 34.5 Å². The van der Waals surface area contributed by atoms with Gasteiger partial charge in [-0.25, -0.2) is 4.79 Å². The molecule has 112 valence electrons. The molecule has 1 aromatic heterocycles. The zero-order chi connectivity index (χ0) is 15.8. The summed E-state index contributed by atoms with van der Waals surface area (Å²) in [5, 5.41) is 22.2. The Labute approximate surface area is 134 Å². The minimum Gasteiger partial charge on any atom is -0.479 e. The molecular weight excluding hydrogens is 337 g/mol. The molecular formula is C13H11Cl2NO4S. The molecule has 1 amide bonds. The summed E-state index contributed by atoms with van der Waals surface area (Å²) in [6.07, 6.45) is 0. The number of benzene rings is 1. The molecule has 0 aliphatic heterocycles. The van der Waals surface area contributed by atoms with Crippen molar-refractivity contribution >= 4 is 56.5 Å². The summed E-state index contributed by atoms with van der Waals surface area (Å²) in [5.41, 5.74) is -2.04. The summed E-state index contributed by atoms with van der Waals surface area (Å²) in [6, 6.07) is 5.07. The largest absolute Gasteiger partial charge is 0.479 e. The fourth-order valence-corrected chi connectivity index (χ4v) is 3.30. The Balaban J connectivity index is 2.24. The van der Waals surface area contributed by atoms with Crippen molar-refractivity contribution in [3.63, 3.8) is 0 Å². The normalized spacial score (nSPS) is 13.9. The first-order chi connectivity index (χ1) is 9.72. The van der Waals surface area contributed by atoms with Crippen molar-refractivity contribution in [2.75, 3.05) is 6.54 Å². The lowest BCUT2D eigenvalue weighted by Crippen LogP contribution is -2.46. The van der Waals surface area contributed by atoms with E-state index >= 15 is 0 Å². The summed E-state index contributed by atoms with van der Waals surface area (Å²) >= 11 is 13.2. The van der Waals surface area contributed by atoms with E-state index in [1.165, 1.54) is 0 Å². The Hall–Kier alpha value is -1.34. The van der Waals surface area contributed by atoms with Gasteiger partial charge >= 0.3 is 5.97 Å². The van der Waals surface area contributed by atoms with Gasteiger partial charge in [0.05, 0.1) is 11.6 Å². The summed E-state index contributed by atoms with van der Waals surface area (Å²) in [6.45, 7) is 0.675. The minimum absolute atomic E-state index is 0.245. The number of aliphatic hydroxyl groups is 1. The Morgan fingerprint density at radius 3 is 2.67 bits per heavy atom. The van der Waals surface area contributed by atoms with Crippen molar-refractivity contribution in [2.45, 2.75) is 12.5 Å². The zero-order valence-corrected chi connectivity index (χ0v) is 13.1. The van der Waals surface area contributed by atoms with Gasteiger partial charge in [-0.2, -0.15) is 0 Å². The number of fused-ring (bicyclic) bond motifs is 1. The molecule has 0 aliphatic rings. The third-order valence-electron chi connectivity index (χ3n) is 2.85. The van der Waals surface area contributed by atoms with E-state index in [1.54, 1.807) is 18.2 Å². The molecule has 21 heavy (non-hydrogen) atoms. The fraction of sp³-hybridized carbons (Fsp3) is 0.231. The van der Waals surface area contributed by atoms with Crippen LogP contribution in [-0.2, 0) is 4.79 Å². The van der Waals surface area contributed by atoms with Crippen molar-refractivity contribution in [2.24, 2.45) is 0 Å². The Bertz CT molecular complexity index is 726. The number of nitrogens with one attached hydrogen (secondary N) is 1. The smallest absolute Gasteiger partial charge is 0.337 e. The molecule has 1 atom stereocenters. The molecule has 0 saturated heterocycles. The van der Waals surface area contributed by atoms with Gasteiger partial charge in [-0.3, -0.25) is 4.79 Å². The van der Waals surface area contributed by atoms with Crippen molar-refractivity contribution in [3.05, 3.63) is 33.1 Å². The standard InChI is InChI=1S/C13H11Cl2NO4S/c1-13(20,12(18)19)5-16-11(17)10-9(15)7-3-2-6(14)4-8(7)21-10/h2-4,20H,5H2,1H3,(H,16,17)(H,18,19). The second-order valence-corrected chi connectivity index (χ2v) is 6.51. The maximum atomic E-state index is 12.1. The van der Waals surface area contributed by atoms with E-state index in [4.69, 9.17) is 28.3 Å². The van der Waals surface area contributed by atoms with Crippen molar-refractivity contribution < 1.29 is 19.8 Å². The SMILES string of the molecule is CC(O)(CNC(=O)c1sc2cc(Cl)ccc2c1Cl)C(=O)O. The van der Waals surface area contributed by atoms with E-state index in [9.17, 15) is 14.7 Å². The highest BCUT2D eigenvalue weighted by Gasteiger charge is 2.31. The monoisotopic (exact) mass is 347 g/mol. The average molecular weight is 348 g/mol. The van der Waals surface area contributed by atoms with Crippen molar-refractivity contribution in [3.8, 4) is 0 Å². The predicted molar refractivity (Wildman–Crippen MR) is 82.4 cm³/mol. The third kappa shape index (κ3) is 3.29. The lowest BCUT2D eigenvalue weighted by molar-refractivity contribution is -0.155. The van der Waals surface area contributed by atoms with E-state index < -0.39 is 24.0 Å². The summed E-state index contributed by atoms with van der Waals surface area (Å²) in [5.74, 6) is -1.96. The Morgan fingerprint density at radius 2 is 2.05 bits per heavy atom. The molecule has 0 spiro atoms. The van der Waals surface area contributed by atoms with E-state index in [2.05, 4.69) is 5.32 Å². The second-order valence-electron chi connectivity index (χ2n) is 4.65. The van der Waals surface area contributed by atoms with Gasteiger partial charge in [0.2, 0.25) is 0 Å². The topological polar surface area (TPSA) is 86.6 Å². The molecule has 1 heterocycles. The number of amides is 1. The number of rotatable bonds is 4. The van der Waals surface area contributed by atoms with Gasteiger partial charge in [0.25, 0.3) is 5.91 Å². The van der Waals surface area contributed by atoms with Gasteiger partial charge in [-0.1, -0.05) is 29.3 Å². The van der Waals surface area contributed by atoms with Crippen LogP contribution < -0.4 is 5.32 Å². The average Bonchev–Trinajstić information content (AvgIpc) is 2.72. The van der Waals surface area contributed by atoms with Gasteiger partial charge in [0, 0.05) is 15.1 Å². The highest BCUT2D eigenvalue weighted by molar-refractivity contribution is 7.21. The first kappa shape index (κ1) is 16.0. The molecule has 8 heteroatoms. The zero-order valence-electron chi connectivity index (χ0n) is 10.8. The first-order valence-electron chi connectivity index (χ1n) is 5.84. The van der Waals surface area contributed by atoms with Crippen LogP contribution in [0.15, 0.2) is 18.2 Å².